The summed E-state index contributed by atoms with van der Waals surface area (Å²) in [6.07, 6.45) is -1.54. The van der Waals surface area contributed by atoms with Gasteiger partial charge in [0.1, 0.15) is 28.5 Å². The van der Waals surface area contributed by atoms with Crippen molar-refractivity contribution in [2.75, 3.05) is 18.9 Å². The summed E-state index contributed by atoms with van der Waals surface area (Å²) in [7, 11) is 1.55. The monoisotopic (exact) mass is 728 g/mol. The second-order valence-electron chi connectivity index (χ2n) is 11.7. The lowest BCUT2D eigenvalue weighted by Gasteiger charge is -2.25. The van der Waals surface area contributed by atoms with Crippen molar-refractivity contribution in [2.24, 2.45) is 0 Å². The fourth-order valence-electron chi connectivity index (χ4n) is 5.69. The molecule has 2 atom stereocenters. The molecule has 0 radical (unpaired) electrons. The quantitative estimate of drug-likeness (QED) is 0.0474. The molecular formula is C35H30ClF5N6O2S. The number of halogens is 6. The van der Waals surface area contributed by atoms with Gasteiger partial charge in [0.05, 0.1) is 56.8 Å². The van der Waals surface area contributed by atoms with Gasteiger partial charge in [-0.15, -0.1) is 0 Å². The number of alkyl halides is 2. The zero-order valence-electron chi connectivity index (χ0n) is 26.4. The molecule has 0 aliphatic heterocycles. The third-order valence-electron chi connectivity index (χ3n) is 8.19. The summed E-state index contributed by atoms with van der Waals surface area (Å²) in [5, 5.41) is 14.3. The third kappa shape index (κ3) is 7.48. The van der Waals surface area contributed by atoms with Crippen LogP contribution in [0.15, 0.2) is 77.6 Å². The first-order valence-corrected chi connectivity index (χ1v) is 17.1. The van der Waals surface area contributed by atoms with Crippen LogP contribution < -0.4 is 20.9 Å². The SMILES string of the molecule is CNC(Cc1cc(F)cc(F)c1)c1nc2cc(-c3ccccc3F)ccc2c(=O)n1-c1ccc(Cl)c(C(=N)N[S+]([O-])C2CC2)c1NCC(F)F. The van der Waals surface area contributed by atoms with Gasteiger partial charge < -0.3 is 15.2 Å². The van der Waals surface area contributed by atoms with Crippen LogP contribution in [0.3, 0.4) is 0 Å². The van der Waals surface area contributed by atoms with E-state index in [1.807, 2.05) is 0 Å². The van der Waals surface area contributed by atoms with Crippen molar-refractivity contribution < 1.29 is 26.5 Å². The first-order valence-electron chi connectivity index (χ1n) is 15.5. The summed E-state index contributed by atoms with van der Waals surface area (Å²) in [6, 6.07) is 15.5. The second kappa shape index (κ2) is 14.8. The molecule has 50 heavy (non-hydrogen) atoms. The lowest BCUT2D eigenvalue weighted by Crippen LogP contribution is -2.35. The Kier molecular flexibility index (Phi) is 10.4. The van der Waals surface area contributed by atoms with Crippen LogP contribution in [-0.2, 0) is 17.8 Å². The summed E-state index contributed by atoms with van der Waals surface area (Å²) in [4.78, 5) is 19.4. The van der Waals surface area contributed by atoms with Crippen LogP contribution in [0.1, 0.15) is 35.8 Å². The van der Waals surface area contributed by atoms with Gasteiger partial charge in [0.15, 0.2) is 5.84 Å². The lowest BCUT2D eigenvalue weighted by molar-refractivity contribution is 0.163. The van der Waals surface area contributed by atoms with Crippen LogP contribution in [-0.4, -0.2) is 45.2 Å². The average molecular weight is 729 g/mol. The van der Waals surface area contributed by atoms with Gasteiger partial charge in [-0.3, -0.25) is 14.8 Å². The Labute approximate surface area is 291 Å². The van der Waals surface area contributed by atoms with Gasteiger partial charge in [0, 0.05) is 24.5 Å². The number of hydrogen-bond donors (Lipinski definition) is 4. The number of nitrogens with zero attached hydrogens (tertiary/aromatic N) is 2. The minimum absolute atomic E-state index is 0.00905. The number of amidine groups is 1. The molecular weight excluding hydrogens is 699 g/mol. The van der Waals surface area contributed by atoms with Crippen LogP contribution in [0, 0.1) is 22.9 Å². The number of aromatic nitrogens is 2. The molecule has 1 aliphatic carbocycles. The number of anilines is 1. The van der Waals surface area contributed by atoms with Gasteiger partial charge in [-0.25, -0.2) is 26.9 Å². The summed E-state index contributed by atoms with van der Waals surface area (Å²) in [5.74, 6) is -2.54. The summed E-state index contributed by atoms with van der Waals surface area (Å²) < 4.78 is 87.1. The fourth-order valence-corrected chi connectivity index (χ4v) is 6.98. The van der Waals surface area contributed by atoms with Gasteiger partial charge in [-0.1, -0.05) is 35.9 Å². The van der Waals surface area contributed by atoms with E-state index in [0.29, 0.717) is 18.4 Å². The highest BCUT2D eigenvalue weighted by atomic mass is 35.5. The fraction of sp³-hybridized carbons (Fsp3) is 0.229. The van der Waals surface area contributed by atoms with E-state index in [9.17, 15) is 31.3 Å². The molecule has 1 aromatic heterocycles. The minimum Gasteiger partial charge on any atom is -0.593 e. The number of hydrogen-bond acceptors (Lipinski definition) is 6. The van der Waals surface area contributed by atoms with Crippen molar-refractivity contribution in [2.45, 2.75) is 37.0 Å². The highest BCUT2D eigenvalue weighted by molar-refractivity contribution is 7.91. The molecule has 0 spiro atoms. The number of nitrogens with one attached hydrogen (secondary N) is 4. The number of rotatable bonds is 12. The topological polar surface area (TPSA) is 118 Å². The van der Waals surface area contributed by atoms with Crippen molar-refractivity contribution >= 4 is 45.4 Å². The molecule has 5 aromatic rings. The lowest BCUT2D eigenvalue weighted by atomic mass is 10.0. The van der Waals surface area contributed by atoms with Crippen molar-refractivity contribution in [3.05, 3.63) is 123 Å². The van der Waals surface area contributed by atoms with Gasteiger partial charge in [0.2, 0.25) is 0 Å². The Morgan fingerprint density at radius 1 is 1.06 bits per heavy atom. The molecule has 1 saturated carbocycles. The van der Waals surface area contributed by atoms with Gasteiger partial charge in [-0.05, 0) is 67.1 Å². The Balaban J connectivity index is 1.60. The number of benzene rings is 4. The molecule has 0 saturated heterocycles. The predicted octanol–water partition coefficient (Wildman–Crippen LogP) is 7.04. The minimum atomic E-state index is -2.85. The Hall–Kier alpha value is -4.50. The maximum Gasteiger partial charge on any atom is 0.266 e. The van der Waals surface area contributed by atoms with Gasteiger partial charge in [-0.2, -0.15) is 4.72 Å². The zero-order chi connectivity index (χ0) is 35.7. The van der Waals surface area contributed by atoms with E-state index in [4.69, 9.17) is 22.0 Å². The van der Waals surface area contributed by atoms with E-state index in [0.717, 1.165) is 22.8 Å². The van der Waals surface area contributed by atoms with Crippen LogP contribution in [0.5, 0.6) is 0 Å². The van der Waals surface area contributed by atoms with Crippen molar-refractivity contribution in [1.82, 2.24) is 19.6 Å². The second-order valence-corrected chi connectivity index (χ2v) is 13.6. The van der Waals surface area contributed by atoms with E-state index in [1.54, 1.807) is 31.3 Å². The van der Waals surface area contributed by atoms with E-state index in [2.05, 4.69) is 15.4 Å². The molecule has 1 heterocycles. The molecule has 15 heteroatoms. The van der Waals surface area contributed by atoms with Crippen LogP contribution in [0.25, 0.3) is 27.7 Å². The van der Waals surface area contributed by atoms with E-state index in [-0.39, 0.29) is 61.5 Å². The Bertz CT molecular complexity index is 2130. The van der Waals surface area contributed by atoms with Crippen molar-refractivity contribution in [3.8, 4) is 16.8 Å². The summed E-state index contributed by atoms with van der Waals surface area (Å²) in [5.41, 5.74) is 0.148. The molecule has 4 aromatic carbocycles. The van der Waals surface area contributed by atoms with Crippen LogP contribution in [0.4, 0.5) is 27.6 Å². The predicted molar refractivity (Wildman–Crippen MR) is 185 cm³/mol. The van der Waals surface area contributed by atoms with E-state index >= 15 is 0 Å². The van der Waals surface area contributed by atoms with Crippen LogP contribution in [0.2, 0.25) is 5.02 Å². The molecule has 1 fully saturated rings. The summed E-state index contributed by atoms with van der Waals surface area (Å²) >= 11 is 4.90. The number of fused-ring (bicyclic) bond motifs is 1. The molecule has 1 aliphatic rings. The molecule has 4 N–H and O–H groups in total. The normalized spacial score (nSPS) is 14.2. The zero-order valence-corrected chi connectivity index (χ0v) is 27.9. The van der Waals surface area contributed by atoms with Gasteiger partial charge in [0.25, 0.3) is 12.0 Å². The molecule has 8 nitrogen and oxygen atoms in total. The average Bonchev–Trinajstić information content (AvgIpc) is 3.92. The standard InChI is InChI=1S/C35H30ClF5N6O2S/c1-43-28(14-18-12-20(37)16-21(38)13-18)34-45-27-15-19(23-4-2-3-5-26(23)39)6-9-24(27)35(48)47(34)29-11-10-25(36)31(32(29)44-17-30(40)41)33(42)46-50(49)22-7-8-22/h2-6,9-13,15-16,22,28,30,43-44H,7-8,14,17H2,1H3,(H2,42,46). The van der Waals surface area contributed by atoms with E-state index in [1.165, 1.54) is 30.3 Å². The Morgan fingerprint density at radius 3 is 2.44 bits per heavy atom. The molecule has 2 unspecified atom stereocenters. The smallest absolute Gasteiger partial charge is 0.266 e. The van der Waals surface area contributed by atoms with Crippen LogP contribution >= 0.6 is 11.6 Å². The first-order chi connectivity index (χ1) is 23.9. The number of likely N-dealkylation sites (N-methyl/N-ethyl adjacent to an activating group) is 1. The maximum atomic E-state index is 14.8. The highest BCUT2D eigenvalue weighted by Crippen LogP contribution is 2.35. The largest absolute Gasteiger partial charge is 0.593 e. The highest BCUT2D eigenvalue weighted by Gasteiger charge is 2.36. The third-order valence-corrected chi connectivity index (χ3v) is 9.99. The first kappa shape index (κ1) is 35.3. The molecule has 6 rings (SSSR count). The maximum absolute atomic E-state index is 14.8. The van der Waals surface area contributed by atoms with Gasteiger partial charge >= 0.3 is 0 Å². The summed E-state index contributed by atoms with van der Waals surface area (Å²) in [6.45, 7) is -0.894. The molecule has 0 amide bonds. The molecule has 0 bridgehead atoms. The van der Waals surface area contributed by atoms with Crippen molar-refractivity contribution in [3.63, 3.8) is 0 Å². The van der Waals surface area contributed by atoms with E-state index < -0.39 is 59.2 Å². The Morgan fingerprint density at radius 2 is 1.78 bits per heavy atom. The molecule has 260 valence electrons. The van der Waals surface area contributed by atoms with Crippen molar-refractivity contribution in [1.29, 1.82) is 5.41 Å².